The molecule has 0 bridgehead atoms. The van der Waals surface area contributed by atoms with E-state index in [9.17, 15) is 9.59 Å². The lowest BCUT2D eigenvalue weighted by atomic mass is 9.94. The third-order valence-corrected chi connectivity index (χ3v) is 6.98. The van der Waals surface area contributed by atoms with Crippen molar-refractivity contribution >= 4 is 23.2 Å². The number of amides is 2. The minimum atomic E-state index is -0.182. The number of benzene rings is 1. The number of imide groups is 1. The van der Waals surface area contributed by atoms with Gasteiger partial charge in [-0.25, -0.2) is 4.98 Å². The van der Waals surface area contributed by atoms with Crippen molar-refractivity contribution in [3.63, 3.8) is 0 Å². The number of piperazine rings is 1. The molecule has 1 saturated carbocycles. The number of methoxy groups -OCH3 is 1. The predicted molar refractivity (Wildman–Crippen MR) is 127 cm³/mol. The molecule has 0 spiro atoms. The summed E-state index contributed by atoms with van der Waals surface area (Å²) in [6, 6.07) is 13.4. The quantitative estimate of drug-likeness (QED) is 0.657. The van der Waals surface area contributed by atoms with Gasteiger partial charge >= 0.3 is 0 Å². The van der Waals surface area contributed by atoms with Gasteiger partial charge < -0.3 is 14.5 Å². The Morgan fingerprint density at radius 2 is 1.55 bits per heavy atom. The van der Waals surface area contributed by atoms with Gasteiger partial charge in [0.05, 0.1) is 12.7 Å². The van der Waals surface area contributed by atoms with Gasteiger partial charge in [-0.15, -0.1) is 0 Å². The van der Waals surface area contributed by atoms with E-state index < -0.39 is 0 Å². The summed E-state index contributed by atoms with van der Waals surface area (Å²) in [5.41, 5.74) is 1.70. The van der Waals surface area contributed by atoms with E-state index >= 15 is 0 Å². The molecule has 2 fully saturated rings. The maximum absolute atomic E-state index is 13.8. The standard InChI is InChI=1S/C26H30N4O3/c1-33-21-12-6-5-11-20(21)23-24(26(32)30(25(23)31)19-9-3-2-4-10-19)29-17-15-28(16-18-29)22-13-7-8-14-27-22/h5-8,11-14,19H,2-4,9-10,15-18H2,1H3. The first-order valence-corrected chi connectivity index (χ1v) is 11.9. The highest BCUT2D eigenvalue weighted by molar-refractivity contribution is 6.36. The van der Waals surface area contributed by atoms with E-state index in [1.807, 2.05) is 42.5 Å². The topological polar surface area (TPSA) is 66.0 Å². The normalized spacial score (nSPS) is 20.1. The molecule has 3 aliphatic rings. The minimum Gasteiger partial charge on any atom is -0.496 e. The summed E-state index contributed by atoms with van der Waals surface area (Å²) < 4.78 is 5.58. The molecule has 33 heavy (non-hydrogen) atoms. The Balaban J connectivity index is 1.49. The maximum atomic E-state index is 13.8. The number of hydrogen-bond donors (Lipinski definition) is 0. The summed E-state index contributed by atoms with van der Waals surface area (Å²) in [7, 11) is 1.60. The Labute approximate surface area is 194 Å². The van der Waals surface area contributed by atoms with E-state index in [4.69, 9.17) is 4.74 Å². The van der Waals surface area contributed by atoms with Crippen LogP contribution in [0.1, 0.15) is 37.7 Å². The number of ether oxygens (including phenoxy) is 1. The molecule has 172 valence electrons. The van der Waals surface area contributed by atoms with Gasteiger partial charge in [0.15, 0.2) is 0 Å². The van der Waals surface area contributed by atoms with E-state index in [1.54, 1.807) is 18.2 Å². The lowest BCUT2D eigenvalue weighted by molar-refractivity contribution is -0.141. The Bertz CT molecular complexity index is 1050. The highest BCUT2D eigenvalue weighted by Crippen LogP contribution is 2.39. The summed E-state index contributed by atoms with van der Waals surface area (Å²) in [4.78, 5) is 37.9. The molecule has 0 atom stereocenters. The van der Waals surface area contributed by atoms with Gasteiger partial charge in [0.2, 0.25) is 0 Å². The zero-order valence-corrected chi connectivity index (χ0v) is 19.1. The zero-order valence-electron chi connectivity index (χ0n) is 19.1. The number of rotatable bonds is 5. The first-order valence-electron chi connectivity index (χ1n) is 11.9. The molecular weight excluding hydrogens is 416 g/mol. The molecule has 7 nitrogen and oxygen atoms in total. The number of aromatic nitrogens is 1. The zero-order chi connectivity index (χ0) is 22.8. The lowest BCUT2D eigenvalue weighted by Crippen LogP contribution is -2.49. The summed E-state index contributed by atoms with van der Waals surface area (Å²) in [6.45, 7) is 2.79. The second-order valence-electron chi connectivity index (χ2n) is 8.86. The third-order valence-electron chi connectivity index (χ3n) is 6.98. The molecular formula is C26H30N4O3. The second-order valence-corrected chi connectivity index (χ2v) is 8.86. The molecule has 1 aliphatic carbocycles. The van der Waals surface area contributed by atoms with Crippen LogP contribution in [-0.4, -0.2) is 65.9 Å². The van der Waals surface area contributed by atoms with Crippen molar-refractivity contribution in [2.24, 2.45) is 0 Å². The molecule has 3 heterocycles. The van der Waals surface area contributed by atoms with Crippen LogP contribution < -0.4 is 9.64 Å². The fraction of sp³-hybridized carbons (Fsp3) is 0.423. The lowest BCUT2D eigenvalue weighted by Gasteiger charge is -2.37. The Kier molecular flexibility index (Phi) is 6.03. The molecule has 0 unspecified atom stereocenters. The number of carbonyl (C=O) groups is 2. The van der Waals surface area contributed by atoms with Gasteiger partial charge in [0.1, 0.15) is 17.3 Å². The van der Waals surface area contributed by atoms with Crippen molar-refractivity contribution in [3.8, 4) is 5.75 Å². The number of para-hydroxylation sites is 1. The summed E-state index contributed by atoms with van der Waals surface area (Å²) in [6.07, 6.45) is 6.86. The molecule has 1 saturated heterocycles. The van der Waals surface area contributed by atoms with Gasteiger partial charge in [-0.1, -0.05) is 43.5 Å². The second kappa shape index (κ2) is 9.25. The highest BCUT2D eigenvalue weighted by atomic mass is 16.5. The summed E-state index contributed by atoms with van der Waals surface area (Å²) in [5.74, 6) is 1.22. The van der Waals surface area contributed by atoms with Crippen molar-refractivity contribution in [3.05, 3.63) is 59.9 Å². The molecule has 2 amide bonds. The molecule has 0 N–H and O–H groups in total. The van der Waals surface area contributed by atoms with E-state index in [0.29, 0.717) is 35.7 Å². The van der Waals surface area contributed by atoms with Crippen molar-refractivity contribution in [2.45, 2.75) is 38.1 Å². The average Bonchev–Trinajstić information content (AvgIpc) is 3.14. The van der Waals surface area contributed by atoms with Crippen LogP contribution in [0.2, 0.25) is 0 Å². The van der Waals surface area contributed by atoms with Gasteiger partial charge in [0.25, 0.3) is 11.8 Å². The molecule has 7 heteroatoms. The number of carbonyl (C=O) groups excluding carboxylic acids is 2. The van der Waals surface area contributed by atoms with Crippen LogP contribution in [0.3, 0.4) is 0 Å². The van der Waals surface area contributed by atoms with Gasteiger partial charge in [-0.3, -0.25) is 14.5 Å². The number of pyridine rings is 1. The highest BCUT2D eigenvalue weighted by Gasteiger charge is 2.46. The molecule has 5 rings (SSSR count). The molecule has 2 aromatic rings. The van der Waals surface area contributed by atoms with Crippen molar-refractivity contribution in [1.82, 2.24) is 14.8 Å². The Morgan fingerprint density at radius 3 is 2.24 bits per heavy atom. The van der Waals surface area contributed by atoms with Crippen LogP contribution in [0.15, 0.2) is 54.4 Å². The van der Waals surface area contributed by atoms with Crippen LogP contribution in [0.5, 0.6) is 5.75 Å². The van der Waals surface area contributed by atoms with Crippen LogP contribution in [0.25, 0.3) is 5.57 Å². The minimum absolute atomic E-state index is 0.0178. The van der Waals surface area contributed by atoms with Crippen molar-refractivity contribution in [1.29, 1.82) is 0 Å². The molecule has 2 aliphatic heterocycles. The van der Waals surface area contributed by atoms with E-state index in [-0.39, 0.29) is 17.9 Å². The third kappa shape index (κ3) is 3.96. The van der Waals surface area contributed by atoms with E-state index in [0.717, 1.165) is 44.6 Å². The molecule has 1 aromatic carbocycles. The van der Waals surface area contributed by atoms with Crippen LogP contribution in [0.4, 0.5) is 5.82 Å². The maximum Gasteiger partial charge on any atom is 0.278 e. The monoisotopic (exact) mass is 446 g/mol. The first-order chi connectivity index (χ1) is 16.2. The van der Waals surface area contributed by atoms with Crippen LogP contribution in [0, 0.1) is 0 Å². The first kappa shape index (κ1) is 21.5. The summed E-state index contributed by atoms with van der Waals surface area (Å²) >= 11 is 0. The molecule has 1 aromatic heterocycles. The molecule has 0 radical (unpaired) electrons. The SMILES string of the molecule is COc1ccccc1C1=C(N2CCN(c3ccccn3)CC2)C(=O)N(C2CCCCC2)C1=O. The van der Waals surface area contributed by atoms with Gasteiger partial charge in [-0.05, 0) is 31.0 Å². The summed E-state index contributed by atoms with van der Waals surface area (Å²) in [5, 5.41) is 0. The van der Waals surface area contributed by atoms with Gasteiger partial charge in [-0.2, -0.15) is 0 Å². The number of anilines is 1. The average molecular weight is 447 g/mol. The van der Waals surface area contributed by atoms with Crippen molar-refractivity contribution in [2.75, 3.05) is 38.2 Å². The van der Waals surface area contributed by atoms with Crippen LogP contribution >= 0.6 is 0 Å². The van der Waals surface area contributed by atoms with Gasteiger partial charge in [0, 0.05) is 44.0 Å². The fourth-order valence-corrected chi connectivity index (χ4v) is 5.29. The predicted octanol–water partition coefficient (Wildman–Crippen LogP) is 3.33. The van der Waals surface area contributed by atoms with Crippen LogP contribution in [-0.2, 0) is 9.59 Å². The van der Waals surface area contributed by atoms with E-state index in [2.05, 4.69) is 14.8 Å². The largest absolute Gasteiger partial charge is 0.496 e. The number of hydrogen-bond acceptors (Lipinski definition) is 6. The number of nitrogens with zero attached hydrogens (tertiary/aromatic N) is 4. The smallest absolute Gasteiger partial charge is 0.278 e. The van der Waals surface area contributed by atoms with E-state index in [1.165, 1.54) is 6.42 Å². The fourth-order valence-electron chi connectivity index (χ4n) is 5.29. The van der Waals surface area contributed by atoms with Crippen molar-refractivity contribution < 1.29 is 14.3 Å². The Morgan fingerprint density at radius 1 is 0.848 bits per heavy atom. The Hall–Kier alpha value is -3.35.